The summed E-state index contributed by atoms with van der Waals surface area (Å²) in [5, 5.41) is 6.59. The number of nitrogens with one attached hydrogen (secondary N) is 2. The Morgan fingerprint density at radius 3 is 3.08 bits per heavy atom. The first-order valence-electron chi connectivity index (χ1n) is 9.24. The van der Waals surface area contributed by atoms with Gasteiger partial charge in [0.1, 0.15) is 11.6 Å². The fourth-order valence-corrected chi connectivity index (χ4v) is 3.91. The van der Waals surface area contributed by atoms with Crippen molar-refractivity contribution in [3.8, 4) is 0 Å². The van der Waals surface area contributed by atoms with E-state index in [4.69, 9.17) is 9.51 Å². The van der Waals surface area contributed by atoms with Crippen molar-refractivity contribution in [1.82, 2.24) is 20.0 Å². The van der Waals surface area contributed by atoms with Gasteiger partial charge in [0.2, 0.25) is 5.91 Å². The first-order valence-corrected chi connectivity index (χ1v) is 9.24. The molecule has 0 unspecified atom stereocenters. The maximum absolute atomic E-state index is 12.1. The lowest BCUT2D eigenvalue weighted by molar-refractivity contribution is -0.116. The molecular weight excluding hydrogens is 318 g/mol. The number of carbonyl (C=O) groups is 1. The number of H-pyrrole nitrogens is 1. The number of imidazole rings is 1. The topological polar surface area (TPSA) is 87.0 Å². The van der Waals surface area contributed by atoms with E-state index in [9.17, 15) is 4.79 Å². The van der Waals surface area contributed by atoms with Crippen LogP contribution in [0, 0.1) is 6.92 Å². The molecule has 0 aromatic carbocycles. The third-order valence-corrected chi connectivity index (χ3v) is 5.17. The lowest BCUT2D eigenvalue weighted by atomic mass is 10.0. The van der Waals surface area contributed by atoms with Crippen LogP contribution in [0.1, 0.15) is 61.1 Å². The van der Waals surface area contributed by atoms with Gasteiger partial charge in [-0.3, -0.25) is 9.69 Å². The molecule has 4 rings (SSSR count). The van der Waals surface area contributed by atoms with E-state index in [1.807, 2.05) is 0 Å². The SMILES string of the molecule is Cc1cc(NC(=O)CCN2CCC[C@@H]2c2nc3c([nH]2)CCCC3)no1. The third kappa shape index (κ3) is 3.61. The van der Waals surface area contributed by atoms with E-state index < -0.39 is 0 Å². The number of aromatic amines is 1. The average molecular weight is 343 g/mol. The van der Waals surface area contributed by atoms with Crippen LogP contribution >= 0.6 is 0 Å². The van der Waals surface area contributed by atoms with Crippen molar-refractivity contribution in [1.29, 1.82) is 0 Å². The van der Waals surface area contributed by atoms with Crippen molar-refractivity contribution in [3.05, 3.63) is 29.0 Å². The van der Waals surface area contributed by atoms with Crippen molar-refractivity contribution in [3.63, 3.8) is 0 Å². The molecule has 2 aromatic heterocycles. The number of rotatable bonds is 5. The second-order valence-corrected chi connectivity index (χ2v) is 7.07. The summed E-state index contributed by atoms with van der Waals surface area (Å²) in [4.78, 5) is 22.9. The Balaban J connectivity index is 1.35. The van der Waals surface area contributed by atoms with Crippen LogP contribution in [-0.4, -0.2) is 39.0 Å². The highest BCUT2D eigenvalue weighted by atomic mass is 16.5. The van der Waals surface area contributed by atoms with E-state index in [2.05, 4.69) is 20.4 Å². The maximum atomic E-state index is 12.1. The molecule has 0 spiro atoms. The summed E-state index contributed by atoms with van der Waals surface area (Å²) >= 11 is 0. The van der Waals surface area contributed by atoms with Gasteiger partial charge in [-0.15, -0.1) is 0 Å². The molecule has 1 saturated heterocycles. The van der Waals surface area contributed by atoms with Gasteiger partial charge in [-0.05, 0) is 52.0 Å². The quantitative estimate of drug-likeness (QED) is 0.872. The van der Waals surface area contributed by atoms with E-state index in [1.54, 1.807) is 13.0 Å². The monoisotopic (exact) mass is 343 g/mol. The van der Waals surface area contributed by atoms with Gasteiger partial charge in [0, 0.05) is 24.7 Å². The molecule has 1 fully saturated rings. The van der Waals surface area contributed by atoms with Crippen molar-refractivity contribution in [2.75, 3.05) is 18.4 Å². The third-order valence-electron chi connectivity index (χ3n) is 5.17. The number of nitrogens with zero attached hydrogens (tertiary/aromatic N) is 3. The molecule has 1 atom stereocenters. The standard InChI is InChI=1S/C18H25N5O2/c1-12-11-16(22-25-12)21-17(24)8-10-23-9-4-7-15(23)18-19-13-5-2-3-6-14(13)20-18/h11,15H,2-10H2,1H3,(H,19,20)(H,21,22,24)/t15-/m1/s1. The van der Waals surface area contributed by atoms with Gasteiger partial charge in [-0.25, -0.2) is 4.98 Å². The van der Waals surface area contributed by atoms with Gasteiger partial charge >= 0.3 is 0 Å². The van der Waals surface area contributed by atoms with Crippen LogP contribution in [0.5, 0.6) is 0 Å². The smallest absolute Gasteiger partial charge is 0.226 e. The maximum Gasteiger partial charge on any atom is 0.226 e. The van der Waals surface area contributed by atoms with Crippen LogP contribution < -0.4 is 5.32 Å². The zero-order chi connectivity index (χ0) is 17.2. The molecule has 1 aliphatic heterocycles. The Morgan fingerprint density at radius 2 is 2.28 bits per heavy atom. The summed E-state index contributed by atoms with van der Waals surface area (Å²) in [6.07, 6.45) is 7.42. The largest absolute Gasteiger partial charge is 0.360 e. The lowest BCUT2D eigenvalue weighted by Gasteiger charge is -2.22. The van der Waals surface area contributed by atoms with Gasteiger partial charge in [-0.1, -0.05) is 5.16 Å². The predicted octanol–water partition coefficient (Wildman–Crippen LogP) is 2.75. The molecule has 2 aliphatic rings. The number of aromatic nitrogens is 3. The predicted molar refractivity (Wildman–Crippen MR) is 93.3 cm³/mol. The summed E-state index contributed by atoms with van der Waals surface area (Å²) in [5.41, 5.74) is 2.58. The number of hydrogen-bond acceptors (Lipinski definition) is 5. The van der Waals surface area contributed by atoms with Crippen molar-refractivity contribution in [2.24, 2.45) is 0 Å². The average Bonchev–Trinajstić information content (AvgIpc) is 3.31. The van der Waals surface area contributed by atoms with Gasteiger partial charge in [0.15, 0.2) is 5.82 Å². The molecule has 0 saturated carbocycles. The van der Waals surface area contributed by atoms with Crippen molar-refractivity contribution < 1.29 is 9.32 Å². The lowest BCUT2D eigenvalue weighted by Crippen LogP contribution is -2.28. The number of amides is 1. The summed E-state index contributed by atoms with van der Waals surface area (Å²) in [6.45, 7) is 3.56. The van der Waals surface area contributed by atoms with E-state index in [0.29, 0.717) is 24.0 Å². The number of aryl methyl sites for hydroxylation is 3. The van der Waals surface area contributed by atoms with Gasteiger partial charge in [0.25, 0.3) is 0 Å². The first kappa shape index (κ1) is 16.3. The number of fused-ring (bicyclic) bond motifs is 1. The Bertz CT molecular complexity index is 727. The van der Waals surface area contributed by atoms with Crippen molar-refractivity contribution in [2.45, 2.75) is 57.9 Å². The second-order valence-electron chi connectivity index (χ2n) is 7.07. The Hall–Kier alpha value is -2.15. The van der Waals surface area contributed by atoms with Crippen LogP contribution in [0.15, 0.2) is 10.6 Å². The summed E-state index contributed by atoms with van der Waals surface area (Å²) in [6, 6.07) is 2.04. The highest BCUT2D eigenvalue weighted by molar-refractivity contribution is 5.89. The summed E-state index contributed by atoms with van der Waals surface area (Å²) in [7, 11) is 0. The normalized spacial score (nSPS) is 20.6. The minimum absolute atomic E-state index is 0.0299. The Labute approximate surface area is 147 Å². The molecule has 2 N–H and O–H groups in total. The molecule has 1 amide bonds. The zero-order valence-electron chi connectivity index (χ0n) is 14.7. The molecule has 0 bridgehead atoms. The number of anilines is 1. The minimum Gasteiger partial charge on any atom is -0.360 e. The molecule has 7 heteroatoms. The fourth-order valence-electron chi connectivity index (χ4n) is 3.91. The Morgan fingerprint density at radius 1 is 1.40 bits per heavy atom. The minimum atomic E-state index is -0.0299. The van der Waals surface area contributed by atoms with Crippen LogP contribution in [0.2, 0.25) is 0 Å². The van der Waals surface area contributed by atoms with Crippen LogP contribution in [0.25, 0.3) is 0 Å². The van der Waals surface area contributed by atoms with E-state index in [-0.39, 0.29) is 5.91 Å². The molecular formula is C18H25N5O2. The number of carbonyl (C=O) groups excluding carboxylic acids is 1. The Kier molecular flexibility index (Phi) is 4.57. The van der Waals surface area contributed by atoms with Gasteiger partial charge < -0.3 is 14.8 Å². The molecule has 1 aliphatic carbocycles. The van der Waals surface area contributed by atoms with Crippen molar-refractivity contribution >= 4 is 11.7 Å². The highest BCUT2D eigenvalue weighted by Crippen LogP contribution is 2.32. The van der Waals surface area contributed by atoms with Gasteiger partial charge in [-0.2, -0.15) is 0 Å². The molecule has 134 valence electrons. The second kappa shape index (κ2) is 7.00. The molecule has 0 radical (unpaired) electrons. The first-order chi connectivity index (χ1) is 12.2. The highest BCUT2D eigenvalue weighted by Gasteiger charge is 2.29. The van der Waals surface area contributed by atoms with Gasteiger partial charge in [0.05, 0.1) is 11.7 Å². The van der Waals surface area contributed by atoms with E-state index in [0.717, 1.165) is 44.6 Å². The fraction of sp³-hybridized carbons (Fsp3) is 0.611. The number of likely N-dealkylation sites (tertiary alicyclic amines) is 1. The van der Waals surface area contributed by atoms with E-state index in [1.165, 1.54) is 24.2 Å². The molecule has 2 aromatic rings. The summed E-state index contributed by atoms with van der Waals surface area (Å²) < 4.78 is 4.97. The van der Waals surface area contributed by atoms with E-state index >= 15 is 0 Å². The summed E-state index contributed by atoms with van der Waals surface area (Å²) in [5.74, 6) is 2.24. The molecule has 7 nitrogen and oxygen atoms in total. The molecule has 25 heavy (non-hydrogen) atoms. The van der Waals surface area contributed by atoms with Crippen LogP contribution in [-0.2, 0) is 17.6 Å². The number of hydrogen-bond donors (Lipinski definition) is 2. The van der Waals surface area contributed by atoms with Crippen LogP contribution in [0.4, 0.5) is 5.82 Å². The van der Waals surface area contributed by atoms with Crippen LogP contribution in [0.3, 0.4) is 0 Å². The molecule has 3 heterocycles. The zero-order valence-corrected chi connectivity index (χ0v) is 14.7.